The van der Waals surface area contributed by atoms with Crippen LogP contribution in [0.1, 0.15) is 40.4 Å². The minimum Gasteiger partial charge on any atom is -0.399 e. The van der Waals surface area contributed by atoms with E-state index in [0.29, 0.717) is 11.6 Å². The molecule has 0 radical (unpaired) electrons. The summed E-state index contributed by atoms with van der Waals surface area (Å²) in [5, 5.41) is 0.948. The number of nitrogen functional groups attached to an aromatic ring is 1. The average molecular weight is 485 g/mol. The molecule has 0 aliphatic carbocycles. The molecule has 3 aromatic heterocycles. The third-order valence-electron chi connectivity index (χ3n) is 7.22. The molecular weight excluding hydrogens is 452 g/mol. The molecule has 0 unspecified atom stereocenters. The fourth-order valence-corrected chi connectivity index (χ4v) is 5.12. The maximum Gasteiger partial charge on any atom is 0.257 e. The molecule has 8 nitrogen and oxygen atoms in total. The molecular formula is C28H32N6O2. The topological polar surface area (TPSA) is 89.4 Å². The Balaban J connectivity index is 1.30. The number of nitrogens with two attached hydrogens (primary N) is 1. The molecule has 0 atom stereocenters. The molecule has 1 saturated heterocycles. The standard InChI is InChI=1S/C28H32N6O2/c1-31(2)28(36)21-6-4-19(5-7-21)20-9-13-33(14-10-20)18-23-17-24-25(8-12-30-27(24)32(23)3)34-15-11-22(29)16-26(34)35/h4-8,11-12,15-17,20H,9-10,13-14,18,29H2,1-3H3. The lowest BCUT2D eigenvalue weighted by Crippen LogP contribution is -2.33. The van der Waals surface area contributed by atoms with Crippen molar-refractivity contribution < 1.29 is 4.79 Å². The Kier molecular flexibility index (Phi) is 6.36. The van der Waals surface area contributed by atoms with Gasteiger partial charge in [0.15, 0.2) is 0 Å². The largest absolute Gasteiger partial charge is 0.399 e. The number of hydrogen-bond donors (Lipinski definition) is 1. The first kappa shape index (κ1) is 23.8. The van der Waals surface area contributed by atoms with Crippen LogP contribution >= 0.6 is 0 Å². The minimum atomic E-state index is -0.158. The molecule has 36 heavy (non-hydrogen) atoms. The van der Waals surface area contributed by atoms with Gasteiger partial charge in [0.25, 0.3) is 11.5 Å². The van der Waals surface area contributed by atoms with E-state index in [1.807, 2.05) is 25.2 Å². The van der Waals surface area contributed by atoms with Crippen LogP contribution in [-0.4, -0.2) is 57.0 Å². The number of benzene rings is 1. The van der Waals surface area contributed by atoms with Crippen molar-refractivity contribution in [1.82, 2.24) is 23.9 Å². The van der Waals surface area contributed by atoms with E-state index in [9.17, 15) is 9.59 Å². The lowest BCUT2D eigenvalue weighted by molar-refractivity contribution is 0.0827. The molecule has 1 amide bonds. The van der Waals surface area contributed by atoms with E-state index in [-0.39, 0.29) is 11.5 Å². The number of likely N-dealkylation sites (tertiary alicyclic amines) is 1. The van der Waals surface area contributed by atoms with Crippen LogP contribution in [0.25, 0.3) is 16.7 Å². The predicted octanol–water partition coefficient (Wildman–Crippen LogP) is 3.39. The van der Waals surface area contributed by atoms with Gasteiger partial charge in [0.05, 0.1) is 5.69 Å². The lowest BCUT2D eigenvalue weighted by atomic mass is 9.89. The lowest BCUT2D eigenvalue weighted by Gasteiger charge is -2.32. The Morgan fingerprint density at radius 2 is 1.81 bits per heavy atom. The number of carbonyl (C=O) groups excluding carboxylic acids is 1. The highest BCUT2D eigenvalue weighted by molar-refractivity contribution is 5.93. The number of anilines is 1. The third kappa shape index (κ3) is 4.52. The van der Waals surface area contributed by atoms with Crippen LogP contribution in [0.4, 0.5) is 5.69 Å². The second-order valence-electron chi connectivity index (χ2n) is 9.80. The predicted molar refractivity (Wildman–Crippen MR) is 142 cm³/mol. The molecule has 4 aromatic rings. The van der Waals surface area contributed by atoms with Crippen LogP contribution in [-0.2, 0) is 13.6 Å². The summed E-state index contributed by atoms with van der Waals surface area (Å²) in [5.74, 6) is 0.535. The summed E-state index contributed by atoms with van der Waals surface area (Å²) < 4.78 is 3.74. The highest BCUT2D eigenvalue weighted by atomic mass is 16.2. The molecule has 1 aromatic carbocycles. The van der Waals surface area contributed by atoms with Crippen molar-refractivity contribution in [1.29, 1.82) is 0 Å². The van der Waals surface area contributed by atoms with Gasteiger partial charge in [-0.1, -0.05) is 12.1 Å². The Morgan fingerprint density at radius 3 is 2.47 bits per heavy atom. The molecule has 0 spiro atoms. The first-order valence-corrected chi connectivity index (χ1v) is 12.3. The molecule has 5 rings (SSSR count). The van der Waals surface area contributed by atoms with Crippen molar-refractivity contribution in [3.63, 3.8) is 0 Å². The minimum absolute atomic E-state index is 0.0326. The maximum absolute atomic E-state index is 12.6. The number of aryl methyl sites for hydroxylation is 1. The van der Waals surface area contributed by atoms with Crippen LogP contribution in [0, 0.1) is 0 Å². The maximum atomic E-state index is 12.6. The monoisotopic (exact) mass is 484 g/mol. The number of rotatable bonds is 5. The Morgan fingerprint density at radius 1 is 1.08 bits per heavy atom. The second-order valence-corrected chi connectivity index (χ2v) is 9.80. The number of hydrogen-bond acceptors (Lipinski definition) is 5. The van der Waals surface area contributed by atoms with Gasteiger partial charge in [-0.05, 0) is 67.7 Å². The van der Waals surface area contributed by atoms with Crippen LogP contribution in [0.5, 0.6) is 0 Å². The molecule has 186 valence electrons. The summed E-state index contributed by atoms with van der Waals surface area (Å²) in [6.07, 6.45) is 5.62. The van der Waals surface area contributed by atoms with E-state index in [1.165, 1.54) is 17.3 Å². The van der Waals surface area contributed by atoms with Crippen molar-refractivity contribution in [3.05, 3.63) is 88.1 Å². The molecule has 0 bridgehead atoms. The van der Waals surface area contributed by atoms with Crippen LogP contribution in [0.3, 0.4) is 0 Å². The SMILES string of the molecule is CN(C)C(=O)c1ccc(C2CCN(Cc3cc4c(-n5ccc(N)cc5=O)ccnc4n3C)CC2)cc1. The zero-order chi connectivity index (χ0) is 25.4. The summed E-state index contributed by atoms with van der Waals surface area (Å²) in [5.41, 5.74) is 10.9. The molecule has 1 fully saturated rings. The Bertz CT molecular complexity index is 1460. The summed E-state index contributed by atoms with van der Waals surface area (Å²) in [6, 6.07) is 15.3. The van der Waals surface area contributed by atoms with E-state index < -0.39 is 0 Å². The van der Waals surface area contributed by atoms with Crippen LogP contribution in [0.2, 0.25) is 0 Å². The smallest absolute Gasteiger partial charge is 0.257 e. The van der Waals surface area contributed by atoms with E-state index in [2.05, 4.69) is 32.7 Å². The molecule has 1 aliphatic rings. The van der Waals surface area contributed by atoms with Crippen LogP contribution in [0.15, 0.2) is 65.7 Å². The molecule has 1 aliphatic heterocycles. The quantitative estimate of drug-likeness (QED) is 0.469. The average Bonchev–Trinajstić information content (AvgIpc) is 3.19. The van der Waals surface area contributed by atoms with Gasteiger partial charge in [-0.2, -0.15) is 0 Å². The van der Waals surface area contributed by atoms with Crippen molar-refractivity contribution in [2.75, 3.05) is 32.9 Å². The fraction of sp³-hybridized carbons (Fsp3) is 0.321. The van der Waals surface area contributed by atoms with Gasteiger partial charge >= 0.3 is 0 Å². The van der Waals surface area contributed by atoms with Gasteiger partial charge in [0.2, 0.25) is 0 Å². The van der Waals surface area contributed by atoms with E-state index in [4.69, 9.17) is 5.73 Å². The molecule has 0 saturated carbocycles. The number of carbonyl (C=O) groups is 1. The Labute approximate surface area is 210 Å². The highest BCUT2D eigenvalue weighted by Gasteiger charge is 2.22. The number of aromatic nitrogens is 3. The van der Waals surface area contributed by atoms with Crippen molar-refractivity contribution in [2.45, 2.75) is 25.3 Å². The van der Waals surface area contributed by atoms with Gasteiger partial charge in [-0.25, -0.2) is 4.98 Å². The third-order valence-corrected chi connectivity index (χ3v) is 7.22. The highest BCUT2D eigenvalue weighted by Crippen LogP contribution is 2.30. The van der Waals surface area contributed by atoms with Gasteiger partial charge in [0, 0.05) is 68.5 Å². The van der Waals surface area contributed by atoms with Crippen molar-refractivity contribution >= 4 is 22.6 Å². The van der Waals surface area contributed by atoms with Crippen molar-refractivity contribution in [3.8, 4) is 5.69 Å². The molecule has 2 N–H and O–H groups in total. The summed E-state index contributed by atoms with van der Waals surface area (Å²) in [6.45, 7) is 2.83. The molecule has 8 heteroatoms. The number of pyridine rings is 2. The zero-order valence-corrected chi connectivity index (χ0v) is 21.0. The van der Waals surface area contributed by atoms with E-state index in [1.54, 1.807) is 42.0 Å². The summed E-state index contributed by atoms with van der Waals surface area (Å²) in [4.78, 5) is 33.4. The van der Waals surface area contributed by atoms with E-state index >= 15 is 0 Å². The number of nitrogens with zero attached hydrogens (tertiary/aromatic N) is 5. The van der Waals surface area contributed by atoms with Gasteiger partial charge in [-0.3, -0.25) is 19.1 Å². The first-order valence-electron chi connectivity index (χ1n) is 12.3. The summed E-state index contributed by atoms with van der Waals surface area (Å²) >= 11 is 0. The van der Waals surface area contributed by atoms with Gasteiger partial charge in [0.1, 0.15) is 5.65 Å². The first-order chi connectivity index (χ1) is 17.3. The van der Waals surface area contributed by atoms with Gasteiger partial charge < -0.3 is 15.2 Å². The number of piperidine rings is 1. The normalized spacial score (nSPS) is 14.9. The second kappa shape index (κ2) is 9.62. The molecule has 4 heterocycles. The number of fused-ring (bicyclic) bond motifs is 1. The fourth-order valence-electron chi connectivity index (χ4n) is 5.12. The van der Waals surface area contributed by atoms with E-state index in [0.717, 1.165) is 54.8 Å². The van der Waals surface area contributed by atoms with Gasteiger partial charge in [-0.15, -0.1) is 0 Å². The van der Waals surface area contributed by atoms with Crippen LogP contribution < -0.4 is 11.3 Å². The zero-order valence-electron chi connectivity index (χ0n) is 21.0. The van der Waals surface area contributed by atoms with Crippen molar-refractivity contribution in [2.24, 2.45) is 7.05 Å². The number of amides is 1. The summed E-state index contributed by atoms with van der Waals surface area (Å²) in [7, 11) is 5.58. The Hall–Kier alpha value is -3.91.